The summed E-state index contributed by atoms with van der Waals surface area (Å²) in [6.45, 7) is 2.28. The fourth-order valence-electron chi connectivity index (χ4n) is 1.31. The molecule has 0 saturated carbocycles. The Balaban J connectivity index is 2.69. The molecule has 0 atom stereocenters. The zero-order valence-corrected chi connectivity index (χ0v) is 11.0. The molecule has 11 heavy (non-hydrogen) atoms. The molecule has 0 N–H and O–H groups in total. The summed E-state index contributed by atoms with van der Waals surface area (Å²) in [5.74, 6) is 0. The third-order valence-corrected chi connectivity index (χ3v) is 3.15. The Hall–Kier alpha value is 0.623. The molecule has 1 heteroatoms. The van der Waals surface area contributed by atoms with Crippen LogP contribution in [0.3, 0.4) is 0 Å². The van der Waals surface area contributed by atoms with Gasteiger partial charge in [-0.25, -0.2) is 0 Å². The summed E-state index contributed by atoms with van der Waals surface area (Å²) < 4.78 is 0. The van der Waals surface area contributed by atoms with E-state index in [1.807, 2.05) is 0 Å². The van der Waals surface area contributed by atoms with Crippen LogP contribution in [0.1, 0.15) is 58.3 Å². The van der Waals surface area contributed by atoms with Crippen LogP contribution in [-0.2, 0) is 18.3 Å². The summed E-state index contributed by atoms with van der Waals surface area (Å²) in [5.41, 5.74) is 0. The third-order valence-electron chi connectivity index (χ3n) is 2.10. The third kappa shape index (κ3) is 10.6. The summed E-state index contributed by atoms with van der Waals surface area (Å²) in [7, 11) is 0. The first-order valence-corrected chi connectivity index (χ1v) is 7.31. The molecule has 0 radical (unpaired) electrons. The van der Waals surface area contributed by atoms with Gasteiger partial charge in [0, 0.05) is 0 Å². The Morgan fingerprint density at radius 2 is 1.18 bits per heavy atom. The van der Waals surface area contributed by atoms with E-state index in [9.17, 15) is 0 Å². The summed E-state index contributed by atoms with van der Waals surface area (Å²) in [4.78, 5) is 0. The van der Waals surface area contributed by atoms with Gasteiger partial charge >= 0.3 is 81.6 Å². The van der Waals surface area contributed by atoms with Crippen molar-refractivity contribution in [2.75, 3.05) is 0 Å². The van der Waals surface area contributed by atoms with Gasteiger partial charge in [-0.05, 0) is 0 Å². The van der Waals surface area contributed by atoms with Crippen LogP contribution in [-0.4, -0.2) is 0 Å². The van der Waals surface area contributed by atoms with Gasteiger partial charge in [0.25, 0.3) is 0 Å². The fraction of sp³-hybridized carbons (Fsp3) is 1.00. The molecule has 0 rings (SSSR count). The standard InChI is InChI=1S/C10H21.Zn/c1-3-5-7-9-10-8-6-4-2;/h1,3-10H2,2H3;. The summed E-state index contributed by atoms with van der Waals surface area (Å²) in [6, 6.07) is 0. The maximum absolute atomic E-state index is 2.28. The molecule has 0 aliphatic rings. The Morgan fingerprint density at radius 3 is 1.64 bits per heavy atom. The molecule has 0 saturated heterocycles. The van der Waals surface area contributed by atoms with E-state index in [1.165, 1.54) is 74.7 Å². The monoisotopic (exact) mass is 205 g/mol. The van der Waals surface area contributed by atoms with Crippen molar-refractivity contribution >= 4 is 0 Å². The molecule has 63 valence electrons. The predicted octanol–water partition coefficient (Wildman–Crippen LogP) is 4.09. The first-order valence-electron chi connectivity index (χ1n) is 5.21. The van der Waals surface area contributed by atoms with Crippen molar-refractivity contribution < 1.29 is 18.3 Å². The first-order chi connectivity index (χ1) is 5.41. The van der Waals surface area contributed by atoms with Crippen LogP contribution in [0, 0.1) is 0 Å². The van der Waals surface area contributed by atoms with Crippen LogP contribution in [0.15, 0.2) is 0 Å². The van der Waals surface area contributed by atoms with Gasteiger partial charge in [-0.1, -0.05) is 0 Å². The van der Waals surface area contributed by atoms with E-state index >= 15 is 0 Å². The van der Waals surface area contributed by atoms with E-state index in [-0.39, 0.29) is 0 Å². The Morgan fingerprint density at radius 1 is 0.727 bits per heavy atom. The molecule has 0 aliphatic heterocycles. The normalized spacial score (nSPS) is 10.5. The Labute approximate surface area is 81.8 Å². The molecule has 0 amide bonds. The SMILES string of the molecule is CCCCCCCCC[CH2][Zn]. The van der Waals surface area contributed by atoms with Gasteiger partial charge in [-0.3, -0.25) is 0 Å². The van der Waals surface area contributed by atoms with Crippen LogP contribution >= 0.6 is 0 Å². The van der Waals surface area contributed by atoms with Gasteiger partial charge < -0.3 is 0 Å². The van der Waals surface area contributed by atoms with Crippen molar-refractivity contribution in [3.63, 3.8) is 0 Å². The van der Waals surface area contributed by atoms with Crippen molar-refractivity contribution in [2.24, 2.45) is 0 Å². The van der Waals surface area contributed by atoms with E-state index in [2.05, 4.69) is 6.92 Å². The van der Waals surface area contributed by atoms with Gasteiger partial charge in [0.2, 0.25) is 0 Å². The molecular formula is C10H21Zn. The van der Waals surface area contributed by atoms with Gasteiger partial charge in [0.15, 0.2) is 0 Å². The van der Waals surface area contributed by atoms with Crippen molar-refractivity contribution in [3.8, 4) is 0 Å². The zero-order chi connectivity index (χ0) is 8.36. The zero-order valence-electron chi connectivity index (χ0n) is 8.07. The van der Waals surface area contributed by atoms with E-state index in [4.69, 9.17) is 0 Å². The second-order valence-electron chi connectivity index (χ2n) is 3.33. The quantitative estimate of drug-likeness (QED) is 0.415. The van der Waals surface area contributed by atoms with Crippen LogP contribution in [0.4, 0.5) is 0 Å². The second-order valence-corrected chi connectivity index (χ2v) is 4.81. The molecule has 0 spiro atoms. The van der Waals surface area contributed by atoms with Crippen molar-refractivity contribution in [3.05, 3.63) is 0 Å². The molecule has 0 aromatic carbocycles. The summed E-state index contributed by atoms with van der Waals surface area (Å²) in [6.07, 6.45) is 11.7. The van der Waals surface area contributed by atoms with E-state index in [1.54, 1.807) is 0 Å². The van der Waals surface area contributed by atoms with E-state index in [0.717, 1.165) is 0 Å². The fourth-order valence-corrected chi connectivity index (χ4v) is 2.05. The molecule has 0 aromatic rings. The van der Waals surface area contributed by atoms with Crippen LogP contribution in [0.5, 0.6) is 0 Å². The average Bonchev–Trinajstić information content (AvgIpc) is 2.03. The molecule has 0 heterocycles. The van der Waals surface area contributed by atoms with Crippen molar-refractivity contribution in [2.45, 2.75) is 63.3 Å². The van der Waals surface area contributed by atoms with Gasteiger partial charge in [-0.2, -0.15) is 0 Å². The Kier molecular flexibility index (Phi) is 11.2. The first kappa shape index (κ1) is 11.6. The van der Waals surface area contributed by atoms with Crippen molar-refractivity contribution in [1.29, 1.82) is 0 Å². The van der Waals surface area contributed by atoms with Crippen LogP contribution in [0.25, 0.3) is 0 Å². The number of hydrogen-bond donors (Lipinski definition) is 0. The molecule has 0 fully saturated rings. The summed E-state index contributed by atoms with van der Waals surface area (Å²) >= 11 is 1.50. The number of unbranched alkanes of at least 4 members (excludes halogenated alkanes) is 7. The second kappa shape index (κ2) is 10.6. The van der Waals surface area contributed by atoms with Gasteiger partial charge in [0.05, 0.1) is 0 Å². The van der Waals surface area contributed by atoms with E-state index < -0.39 is 0 Å². The van der Waals surface area contributed by atoms with Crippen molar-refractivity contribution in [1.82, 2.24) is 0 Å². The molecule has 0 nitrogen and oxygen atoms in total. The predicted molar refractivity (Wildman–Crippen MR) is 47.4 cm³/mol. The Bertz CT molecular complexity index is 53.9. The summed E-state index contributed by atoms with van der Waals surface area (Å²) in [5, 5.41) is 1.50. The minimum atomic E-state index is 1.38. The van der Waals surface area contributed by atoms with E-state index in [0.29, 0.717) is 0 Å². The van der Waals surface area contributed by atoms with Crippen LogP contribution in [0.2, 0.25) is 5.02 Å². The molecule has 0 aliphatic carbocycles. The average molecular weight is 207 g/mol. The maximum atomic E-state index is 2.28. The molecule has 0 aromatic heterocycles. The topological polar surface area (TPSA) is 0 Å². The number of hydrogen-bond acceptors (Lipinski definition) is 0. The van der Waals surface area contributed by atoms with Gasteiger partial charge in [-0.15, -0.1) is 0 Å². The number of rotatable bonds is 8. The van der Waals surface area contributed by atoms with Crippen LogP contribution < -0.4 is 0 Å². The van der Waals surface area contributed by atoms with Gasteiger partial charge in [0.1, 0.15) is 0 Å². The minimum absolute atomic E-state index is 1.38. The molecule has 0 bridgehead atoms. The molecule has 0 unspecified atom stereocenters. The molecular weight excluding hydrogens is 185 g/mol.